The number of rotatable bonds is 8. The summed E-state index contributed by atoms with van der Waals surface area (Å²) < 4.78 is 5.47. The van der Waals surface area contributed by atoms with Crippen molar-refractivity contribution in [3.05, 3.63) is 59.7 Å². The zero-order valence-electron chi connectivity index (χ0n) is 18.4. The van der Waals surface area contributed by atoms with E-state index >= 15 is 0 Å². The molecule has 0 bridgehead atoms. The monoisotopic (exact) mass is 424 g/mol. The predicted molar refractivity (Wildman–Crippen MR) is 122 cm³/mol. The van der Waals surface area contributed by atoms with Gasteiger partial charge in [0.1, 0.15) is 5.75 Å². The molecule has 0 radical (unpaired) electrons. The lowest BCUT2D eigenvalue weighted by molar-refractivity contribution is -0.139. The molecule has 2 N–H and O–H groups in total. The van der Waals surface area contributed by atoms with Gasteiger partial charge in [-0.3, -0.25) is 14.5 Å². The zero-order chi connectivity index (χ0) is 22.1. The first-order valence-corrected chi connectivity index (χ1v) is 10.8. The molecule has 2 aromatic rings. The average molecular weight is 425 g/mol. The number of para-hydroxylation sites is 2. The van der Waals surface area contributed by atoms with Gasteiger partial charge in [-0.2, -0.15) is 0 Å². The molecular formula is C24H32N4O3. The van der Waals surface area contributed by atoms with E-state index in [4.69, 9.17) is 4.74 Å². The Morgan fingerprint density at radius 2 is 1.61 bits per heavy atom. The lowest BCUT2D eigenvalue weighted by Gasteiger charge is -2.36. The number of carbonyl (C=O) groups is 2. The summed E-state index contributed by atoms with van der Waals surface area (Å²) in [4.78, 5) is 28.7. The number of anilines is 1. The van der Waals surface area contributed by atoms with E-state index in [9.17, 15) is 9.59 Å². The van der Waals surface area contributed by atoms with Gasteiger partial charge in [0.2, 0.25) is 0 Å². The molecule has 0 atom stereocenters. The molecule has 1 saturated heterocycles. The van der Waals surface area contributed by atoms with Crippen molar-refractivity contribution in [3.63, 3.8) is 0 Å². The number of hydrogen-bond acceptors (Lipinski definition) is 5. The van der Waals surface area contributed by atoms with Crippen LogP contribution in [-0.2, 0) is 16.1 Å². The third-order valence-corrected chi connectivity index (χ3v) is 5.51. The van der Waals surface area contributed by atoms with Crippen molar-refractivity contribution in [2.24, 2.45) is 0 Å². The molecule has 0 aliphatic carbocycles. The van der Waals surface area contributed by atoms with E-state index in [-0.39, 0.29) is 0 Å². The van der Waals surface area contributed by atoms with Gasteiger partial charge in [-0.05, 0) is 37.6 Å². The van der Waals surface area contributed by atoms with Gasteiger partial charge in [-0.25, -0.2) is 0 Å². The Morgan fingerprint density at radius 3 is 2.32 bits per heavy atom. The van der Waals surface area contributed by atoms with Gasteiger partial charge < -0.3 is 20.3 Å². The lowest BCUT2D eigenvalue weighted by Crippen LogP contribution is -2.47. The first-order chi connectivity index (χ1) is 15.1. The highest BCUT2D eigenvalue weighted by atomic mass is 16.5. The zero-order valence-corrected chi connectivity index (χ0v) is 18.4. The Kier molecular flexibility index (Phi) is 8.29. The number of nitrogens with zero attached hydrogens (tertiary/aromatic N) is 2. The molecule has 1 fully saturated rings. The maximum absolute atomic E-state index is 12.0. The summed E-state index contributed by atoms with van der Waals surface area (Å²) in [6.45, 7) is 7.54. The van der Waals surface area contributed by atoms with Crippen LogP contribution in [0.25, 0.3) is 0 Å². The molecule has 1 heterocycles. The molecule has 7 heteroatoms. The molecule has 0 unspecified atom stereocenters. The molecule has 2 amide bonds. The Balaban J connectivity index is 1.30. The van der Waals surface area contributed by atoms with Crippen molar-refractivity contribution in [1.29, 1.82) is 0 Å². The Hall–Kier alpha value is -3.06. The molecule has 0 saturated carbocycles. The molecule has 31 heavy (non-hydrogen) atoms. The SMILES string of the molecule is COc1ccccc1N1CCN(CCCNC(=O)C(=O)NCc2ccc(C)cc2)CC1. The number of amides is 2. The average Bonchev–Trinajstić information content (AvgIpc) is 2.81. The second-order valence-electron chi connectivity index (χ2n) is 7.78. The molecular weight excluding hydrogens is 392 g/mol. The molecule has 2 aromatic carbocycles. The molecule has 0 spiro atoms. The Morgan fingerprint density at radius 1 is 0.935 bits per heavy atom. The fourth-order valence-corrected chi connectivity index (χ4v) is 3.66. The van der Waals surface area contributed by atoms with Crippen LogP contribution in [-0.4, -0.2) is 63.1 Å². The fraction of sp³-hybridized carbons (Fsp3) is 0.417. The van der Waals surface area contributed by atoms with Crippen LogP contribution in [0, 0.1) is 6.92 Å². The smallest absolute Gasteiger partial charge is 0.309 e. The molecule has 7 nitrogen and oxygen atoms in total. The molecule has 1 aliphatic heterocycles. The maximum atomic E-state index is 12.0. The molecule has 166 valence electrons. The standard InChI is InChI=1S/C24H32N4O3/c1-19-8-10-20(11-9-19)18-26-24(30)23(29)25-12-5-13-27-14-16-28(17-15-27)21-6-3-4-7-22(21)31-2/h3-4,6-11H,5,12-18H2,1-2H3,(H,25,29)(H,26,30). The summed E-state index contributed by atoms with van der Waals surface area (Å²) in [5, 5.41) is 5.37. The van der Waals surface area contributed by atoms with Gasteiger partial charge in [0.15, 0.2) is 0 Å². The minimum absolute atomic E-state index is 0.350. The number of carbonyl (C=O) groups excluding carboxylic acids is 2. The summed E-state index contributed by atoms with van der Waals surface area (Å²) in [6.07, 6.45) is 0.811. The number of methoxy groups -OCH3 is 1. The minimum atomic E-state index is -0.592. The third kappa shape index (κ3) is 6.72. The van der Waals surface area contributed by atoms with E-state index in [1.165, 1.54) is 0 Å². The summed E-state index contributed by atoms with van der Waals surface area (Å²) >= 11 is 0. The summed E-state index contributed by atoms with van der Waals surface area (Å²) in [5.74, 6) is -0.265. The summed E-state index contributed by atoms with van der Waals surface area (Å²) in [7, 11) is 1.70. The van der Waals surface area contributed by atoms with E-state index in [0.717, 1.165) is 61.7 Å². The van der Waals surface area contributed by atoms with Crippen molar-refractivity contribution in [2.75, 3.05) is 51.3 Å². The van der Waals surface area contributed by atoms with E-state index in [2.05, 4.69) is 26.5 Å². The van der Waals surface area contributed by atoms with Crippen LogP contribution in [0.4, 0.5) is 5.69 Å². The number of ether oxygens (including phenoxy) is 1. The quantitative estimate of drug-likeness (QED) is 0.501. The van der Waals surface area contributed by atoms with Crippen molar-refractivity contribution in [1.82, 2.24) is 15.5 Å². The topological polar surface area (TPSA) is 73.9 Å². The van der Waals surface area contributed by atoms with Crippen molar-refractivity contribution in [3.8, 4) is 5.75 Å². The minimum Gasteiger partial charge on any atom is -0.495 e. The second-order valence-corrected chi connectivity index (χ2v) is 7.78. The van der Waals surface area contributed by atoms with Crippen LogP contribution < -0.4 is 20.3 Å². The molecule has 3 rings (SSSR count). The Labute approximate surface area is 184 Å². The largest absolute Gasteiger partial charge is 0.495 e. The number of benzene rings is 2. The van der Waals surface area contributed by atoms with Crippen LogP contribution in [0.2, 0.25) is 0 Å². The lowest BCUT2D eigenvalue weighted by atomic mass is 10.1. The Bertz CT molecular complexity index is 861. The normalized spacial score (nSPS) is 14.2. The highest BCUT2D eigenvalue weighted by Crippen LogP contribution is 2.28. The van der Waals surface area contributed by atoms with Gasteiger partial charge in [0.25, 0.3) is 0 Å². The van der Waals surface area contributed by atoms with E-state index in [1.807, 2.05) is 49.4 Å². The van der Waals surface area contributed by atoms with E-state index < -0.39 is 11.8 Å². The van der Waals surface area contributed by atoms with Gasteiger partial charge >= 0.3 is 11.8 Å². The highest BCUT2D eigenvalue weighted by Gasteiger charge is 2.19. The third-order valence-electron chi connectivity index (χ3n) is 5.51. The summed E-state index contributed by atoms with van der Waals surface area (Å²) in [6, 6.07) is 16.0. The van der Waals surface area contributed by atoms with Crippen LogP contribution >= 0.6 is 0 Å². The van der Waals surface area contributed by atoms with Crippen LogP contribution in [0.5, 0.6) is 5.75 Å². The van der Waals surface area contributed by atoms with Crippen molar-refractivity contribution in [2.45, 2.75) is 19.9 Å². The van der Waals surface area contributed by atoms with Gasteiger partial charge in [0.05, 0.1) is 12.8 Å². The molecule has 0 aromatic heterocycles. The first-order valence-electron chi connectivity index (χ1n) is 10.8. The number of aryl methyl sites for hydroxylation is 1. The van der Waals surface area contributed by atoms with Crippen LogP contribution in [0.1, 0.15) is 17.5 Å². The van der Waals surface area contributed by atoms with Crippen molar-refractivity contribution < 1.29 is 14.3 Å². The van der Waals surface area contributed by atoms with Crippen molar-refractivity contribution >= 4 is 17.5 Å². The predicted octanol–water partition coefficient (Wildman–Crippen LogP) is 1.95. The number of piperazine rings is 1. The fourth-order valence-electron chi connectivity index (χ4n) is 3.66. The summed E-state index contributed by atoms with van der Waals surface area (Å²) in [5.41, 5.74) is 3.27. The highest BCUT2D eigenvalue weighted by molar-refractivity contribution is 6.35. The van der Waals surface area contributed by atoms with Crippen LogP contribution in [0.15, 0.2) is 48.5 Å². The molecule has 1 aliphatic rings. The van der Waals surface area contributed by atoms with E-state index in [1.54, 1.807) is 7.11 Å². The first kappa shape index (κ1) is 22.6. The van der Waals surface area contributed by atoms with E-state index in [0.29, 0.717) is 13.1 Å². The maximum Gasteiger partial charge on any atom is 0.309 e. The number of hydrogen-bond donors (Lipinski definition) is 2. The van der Waals surface area contributed by atoms with Gasteiger partial charge in [-0.15, -0.1) is 0 Å². The number of nitrogens with one attached hydrogen (secondary N) is 2. The van der Waals surface area contributed by atoms with Crippen LogP contribution in [0.3, 0.4) is 0 Å². The second kappa shape index (κ2) is 11.4. The van der Waals surface area contributed by atoms with Gasteiger partial charge in [0, 0.05) is 39.3 Å². The van der Waals surface area contributed by atoms with Gasteiger partial charge in [-0.1, -0.05) is 42.0 Å².